The van der Waals surface area contributed by atoms with Crippen molar-refractivity contribution >= 4 is 45.9 Å². The van der Waals surface area contributed by atoms with Crippen molar-refractivity contribution in [3.8, 4) is 0 Å². The molecule has 2 unspecified atom stereocenters. The van der Waals surface area contributed by atoms with Crippen molar-refractivity contribution in [2.75, 3.05) is 10.6 Å². The van der Waals surface area contributed by atoms with Crippen LogP contribution in [0.2, 0.25) is 0 Å². The lowest BCUT2D eigenvalue weighted by molar-refractivity contribution is -0.115. The maximum absolute atomic E-state index is 12.6. The van der Waals surface area contributed by atoms with Gasteiger partial charge in [0.05, 0.1) is 15.8 Å². The highest BCUT2D eigenvalue weighted by atomic mass is 32.2. The van der Waals surface area contributed by atoms with E-state index in [0.717, 1.165) is 4.90 Å². The number of hydrogen-bond donors (Lipinski definition) is 3. The Morgan fingerprint density at radius 1 is 1.22 bits per heavy atom. The van der Waals surface area contributed by atoms with Crippen LogP contribution in [0.1, 0.15) is 31.1 Å². The lowest BCUT2D eigenvalue weighted by atomic mass is 10.1. The fraction of sp³-hybridized carbons (Fsp3) is 0.263. The quantitative estimate of drug-likeness (QED) is 0.714. The van der Waals surface area contributed by atoms with Crippen molar-refractivity contribution < 1.29 is 13.8 Å². The van der Waals surface area contributed by atoms with Crippen LogP contribution in [-0.2, 0) is 15.8 Å². The van der Waals surface area contributed by atoms with E-state index < -0.39 is 11.0 Å². The molecule has 3 rings (SSSR count). The number of benzene rings is 2. The molecule has 0 aliphatic carbocycles. The molecule has 0 fully saturated rings. The third kappa shape index (κ3) is 4.77. The molecule has 2 amide bonds. The molecule has 1 aliphatic rings. The number of thioether (sulfide) groups is 1. The molecule has 0 radical (unpaired) electrons. The molecule has 0 saturated carbocycles. The summed E-state index contributed by atoms with van der Waals surface area (Å²) in [6.07, 6.45) is 0. The SMILES string of the molecule is CC(C)NS(=O)c1cccc(NC(=O)c2ccc3c(c2)NC(=O)C(C)S3)c1. The summed E-state index contributed by atoms with van der Waals surface area (Å²) in [5.74, 6) is -0.367. The molecule has 3 N–H and O–H groups in total. The van der Waals surface area contributed by atoms with E-state index >= 15 is 0 Å². The van der Waals surface area contributed by atoms with Gasteiger partial charge in [-0.1, -0.05) is 6.07 Å². The molecule has 0 spiro atoms. The molecule has 27 heavy (non-hydrogen) atoms. The van der Waals surface area contributed by atoms with Crippen molar-refractivity contribution in [3.05, 3.63) is 48.0 Å². The number of carbonyl (C=O) groups is 2. The molecule has 2 atom stereocenters. The molecule has 0 aromatic heterocycles. The van der Waals surface area contributed by atoms with Crippen molar-refractivity contribution in [2.24, 2.45) is 0 Å². The van der Waals surface area contributed by atoms with E-state index in [4.69, 9.17) is 0 Å². The molecular weight excluding hydrogens is 382 g/mol. The highest BCUT2D eigenvalue weighted by Crippen LogP contribution is 2.36. The molecule has 1 aliphatic heterocycles. The van der Waals surface area contributed by atoms with Gasteiger partial charge in [-0.15, -0.1) is 11.8 Å². The van der Waals surface area contributed by atoms with Gasteiger partial charge in [0.25, 0.3) is 5.91 Å². The van der Waals surface area contributed by atoms with Gasteiger partial charge in [0, 0.05) is 22.2 Å². The van der Waals surface area contributed by atoms with Gasteiger partial charge in [-0.2, -0.15) is 0 Å². The highest BCUT2D eigenvalue weighted by Gasteiger charge is 2.23. The minimum Gasteiger partial charge on any atom is -0.324 e. The van der Waals surface area contributed by atoms with Crippen LogP contribution in [0.5, 0.6) is 0 Å². The Morgan fingerprint density at radius 3 is 2.74 bits per heavy atom. The van der Waals surface area contributed by atoms with E-state index in [9.17, 15) is 13.8 Å². The summed E-state index contributed by atoms with van der Waals surface area (Å²) >= 11 is 1.47. The average molecular weight is 404 g/mol. The van der Waals surface area contributed by atoms with Gasteiger partial charge >= 0.3 is 0 Å². The summed E-state index contributed by atoms with van der Waals surface area (Å²) in [5, 5.41) is 5.48. The molecule has 2 aromatic carbocycles. The van der Waals surface area contributed by atoms with E-state index in [0.29, 0.717) is 21.8 Å². The molecule has 1 heterocycles. The van der Waals surface area contributed by atoms with Crippen molar-refractivity contribution in [2.45, 2.75) is 41.9 Å². The third-order valence-corrected chi connectivity index (χ3v) is 6.37. The van der Waals surface area contributed by atoms with Gasteiger partial charge in [-0.05, 0) is 57.2 Å². The molecule has 0 saturated heterocycles. The number of rotatable bonds is 5. The van der Waals surface area contributed by atoms with E-state index in [-0.39, 0.29) is 23.1 Å². The molecular formula is C19H21N3O3S2. The second kappa shape index (κ2) is 8.24. The summed E-state index contributed by atoms with van der Waals surface area (Å²) in [6.45, 7) is 5.67. The second-order valence-electron chi connectivity index (χ2n) is 6.48. The monoisotopic (exact) mass is 403 g/mol. The second-order valence-corrected chi connectivity index (χ2v) is 9.11. The predicted octanol–water partition coefficient (Wildman–Crippen LogP) is 3.39. The zero-order valence-electron chi connectivity index (χ0n) is 15.2. The van der Waals surface area contributed by atoms with Crippen molar-refractivity contribution in [1.29, 1.82) is 0 Å². The number of nitrogens with one attached hydrogen (secondary N) is 3. The summed E-state index contributed by atoms with van der Waals surface area (Å²) in [4.78, 5) is 26.0. The Hall–Kier alpha value is -2.16. The smallest absolute Gasteiger partial charge is 0.255 e. The zero-order chi connectivity index (χ0) is 19.6. The van der Waals surface area contributed by atoms with Gasteiger partial charge in [-0.3, -0.25) is 9.59 Å². The maximum atomic E-state index is 12.6. The van der Waals surface area contributed by atoms with Crippen molar-refractivity contribution in [3.63, 3.8) is 0 Å². The number of carbonyl (C=O) groups excluding carboxylic acids is 2. The number of amides is 2. The first kappa shape index (κ1) is 19.6. The van der Waals surface area contributed by atoms with Crippen molar-refractivity contribution in [1.82, 2.24) is 4.72 Å². The first-order valence-corrected chi connectivity index (χ1v) is 10.6. The lowest BCUT2D eigenvalue weighted by Crippen LogP contribution is -2.26. The fourth-order valence-electron chi connectivity index (χ4n) is 2.52. The maximum Gasteiger partial charge on any atom is 0.255 e. The first-order chi connectivity index (χ1) is 12.8. The molecule has 8 heteroatoms. The predicted molar refractivity (Wildman–Crippen MR) is 109 cm³/mol. The van der Waals surface area contributed by atoms with Gasteiger partial charge in [0.15, 0.2) is 0 Å². The normalized spacial score (nSPS) is 17.2. The average Bonchev–Trinajstić information content (AvgIpc) is 2.62. The summed E-state index contributed by atoms with van der Waals surface area (Å²) in [5.41, 5.74) is 1.64. The minimum absolute atomic E-state index is 0.0714. The van der Waals surface area contributed by atoms with Crippen LogP contribution in [0.3, 0.4) is 0 Å². The molecule has 6 nitrogen and oxygen atoms in total. The minimum atomic E-state index is -1.34. The fourth-order valence-corrected chi connectivity index (χ4v) is 4.46. The Kier molecular flexibility index (Phi) is 5.98. The van der Waals surface area contributed by atoms with Gasteiger partial charge in [-0.25, -0.2) is 8.93 Å². The van der Waals surface area contributed by atoms with Crippen LogP contribution in [0.25, 0.3) is 0 Å². The van der Waals surface area contributed by atoms with Crippen LogP contribution >= 0.6 is 11.8 Å². The standard InChI is InChI=1S/C19H21N3O3S2/c1-11(2)22-27(25)15-6-4-5-14(10-15)20-19(24)13-7-8-17-16(9-13)21-18(23)12(3)26-17/h4-12,22H,1-3H3,(H,20,24)(H,21,23). The van der Waals surface area contributed by atoms with Crippen LogP contribution in [-0.4, -0.2) is 27.3 Å². The van der Waals surface area contributed by atoms with Crippen LogP contribution in [0.4, 0.5) is 11.4 Å². The van der Waals surface area contributed by atoms with E-state index in [2.05, 4.69) is 15.4 Å². The Balaban J connectivity index is 1.75. The Bertz CT molecular complexity index is 915. The van der Waals surface area contributed by atoms with E-state index in [1.54, 1.807) is 36.4 Å². The number of hydrogen-bond acceptors (Lipinski definition) is 4. The molecule has 0 bridgehead atoms. The summed E-state index contributed by atoms with van der Waals surface area (Å²) in [6, 6.07) is 12.2. The molecule has 142 valence electrons. The third-order valence-electron chi connectivity index (χ3n) is 3.82. The summed E-state index contributed by atoms with van der Waals surface area (Å²) in [7, 11) is -1.34. The zero-order valence-corrected chi connectivity index (χ0v) is 16.9. The van der Waals surface area contributed by atoms with Gasteiger partial charge in [0.2, 0.25) is 5.91 Å². The topological polar surface area (TPSA) is 87.3 Å². The van der Waals surface area contributed by atoms with Crippen LogP contribution in [0.15, 0.2) is 52.3 Å². The highest BCUT2D eigenvalue weighted by molar-refractivity contribution is 8.01. The Labute approximate surface area is 165 Å². The lowest BCUT2D eigenvalue weighted by Gasteiger charge is -2.21. The Morgan fingerprint density at radius 2 is 2.00 bits per heavy atom. The van der Waals surface area contributed by atoms with Crippen LogP contribution in [0, 0.1) is 0 Å². The first-order valence-electron chi connectivity index (χ1n) is 8.54. The van der Waals surface area contributed by atoms with Gasteiger partial charge < -0.3 is 10.6 Å². The number of anilines is 2. The van der Waals surface area contributed by atoms with Crippen LogP contribution < -0.4 is 15.4 Å². The van der Waals surface area contributed by atoms with E-state index in [1.165, 1.54) is 11.8 Å². The summed E-state index contributed by atoms with van der Waals surface area (Å²) < 4.78 is 15.2. The van der Waals surface area contributed by atoms with E-state index in [1.807, 2.05) is 26.8 Å². The largest absolute Gasteiger partial charge is 0.324 e. The number of fused-ring (bicyclic) bond motifs is 1. The molecule has 2 aromatic rings. The van der Waals surface area contributed by atoms with Gasteiger partial charge in [0.1, 0.15) is 11.0 Å².